The van der Waals surface area contributed by atoms with Gasteiger partial charge in [-0.1, -0.05) is 24.3 Å². The van der Waals surface area contributed by atoms with E-state index in [1.807, 2.05) is 43.3 Å². The lowest BCUT2D eigenvalue weighted by atomic mass is 10.2. The molecule has 2 aromatic heterocycles. The Balaban J connectivity index is 1.97. The van der Waals surface area contributed by atoms with Gasteiger partial charge < -0.3 is 4.74 Å². The molecule has 0 unspecified atom stereocenters. The molecule has 0 aliphatic carbocycles. The molecular weight excluding hydrogens is 288 g/mol. The third kappa shape index (κ3) is 2.17. The maximum absolute atomic E-state index is 9.22. The van der Waals surface area contributed by atoms with Gasteiger partial charge in [-0.05, 0) is 31.2 Å². The maximum atomic E-state index is 9.22. The lowest BCUT2D eigenvalue weighted by molar-refractivity contribution is 0.468. The number of fused-ring (bicyclic) bond motifs is 3. The highest BCUT2D eigenvalue weighted by molar-refractivity contribution is 5.86. The van der Waals surface area contributed by atoms with Crippen molar-refractivity contribution in [2.45, 2.75) is 6.92 Å². The quantitative estimate of drug-likeness (QED) is 0.564. The van der Waals surface area contributed by atoms with Crippen molar-refractivity contribution in [3.63, 3.8) is 0 Å². The zero-order valence-corrected chi connectivity index (χ0v) is 12.4. The topological polar surface area (TPSA) is 63.2 Å². The monoisotopic (exact) mass is 300 g/mol. The van der Waals surface area contributed by atoms with Crippen LogP contribution in [0.1, 0.15) is 11.3 Å². The Morgan fingerprint density at radius 3 is 2.74 bits per heavy atom. The summed E-state index contributed by atoms with van der Waals surface area (Å²) in [5, 5.41) is 14.5. The highest BCUT2D eigenvalue weighted by Gasteiger charge is 2.13. The number of nitriles is 1. The molecule has 4 aromatic rings. The summed E-state index contributed by atoms with van der Waals surface area (Å²) in [6.45, 7) is 1.93. The van der Waals surface area contributed by atoms with Gasteiger partial charge in [0.25, 0.3) is 0 Å². The highest BCUT2D eigenvalue weighted by Crippen LogP contribution is 2.30. The second-order valence-electron chi connectivity index (χ2n) is 5.20. The first-order valence-electron chi connectivity index (χ1n) is 7.18. The van der Waals surface area contributed by atoms with Crippen molar-refractivity contribution in [3.05, 3.63) is 65.9 Å². The van der Waals surface area contributed by atoms with E-state index in [0.29, 0.717) is 22.8 Å². The van der Waals surface area contributed by atoms with Crippen LogP contribution in [0.2, 0.25) is 0 Å². The number of ether oxygens (including phenoxy) is 1. The van der Waals surface area contributed by atoms with Gasteiger partial charge in [-0.3, -0.25) is 0 Å². The molecule has 0 atom stereocenters. The van der Waals surface area contributed by atoms with Crippen LogP contribution in [0, 0.1) is 18.3 Å². The van der Waals surface area contributed by atoms with E-state index in [4.69, 9.17) is 4.74 Å². The van der Waals surface area contributed by atoms with E-state index in [-0.39, 0.29) is 0 Å². The molecule has 0 bridgehead atoms. The third-order valence-corrected chi connectivity index (χ3v) is 3.61. The number of aromatic nitrogens is 3. The van der Waals surface area contributed by atoms with Crippen molar-refractivity contribution in [1.82, 2.24) is 14.6 Å². The minimum absolute atomic E-state index is 0.468. The Hall–Kier alpha value is -3.39. The predicted molar refractivity (Wildman–Crippen MR) is 86.5 cm³/mol. The third-order valence-electron chi connectivity index (χ3n) is 3.61. The van der Waals surface area contributed by atoms with Crippen LogP contribution >= 0.6 is 0 Å². The molecule has 0 radical (unpaired) electrons. The predicted octanol–water partition coefficient (Wildman–Crippen LogP) is 3.85. The zero-order chi connectivity index (χ0) is 15.8. The summed E-state index contributed by atoms with van der Waals surface area (Å²) in [5.74, 6) is 0.962. The molecule has 0 saturated carbocycles. The first kappa shape index (κ1) is 13.3. The summed E-state index contributed by atoms with van der Waals surface area (Å²) >= 11 is 0. The summed E-state index contributed by atoms with van der Waals surface area (Å²) in [6.07, 6.45) is 0. The Kier molecular flexibility index (Phi) is 2.95. The number of aryl methyl sites for hydroxylation is 1. The van der Waals surface area contributed by atoms with Crippen molar-refractivity contribution in [2.75, 3.05) is 0 Å². The zero-order valence-electron chi connectivity index (χ0n) is 12.4. The molecule has 110 valence electrons. The number of benzene rings is 2. The van der Waals surface area contributed by atoms with Crippen molar-refractivity contribution >= 4 is 16.6 Å². The van der Waals surface area contributed by atoms with Gasteiger partial charge in [-0.15, -0.1) is 0 Å². The average Bonchev–Trinajstić information content (AvgIpc) is 2.96. The number of hydrogen-bond acceptors (Lipinski definition) is 4. The van der Waals surface area contributed by atoms with Gasteiger partial charge in [-0.25, -0.2) is 4.52 Å². The average molecular weight is 300 g/mol. The number of hydrogen-bond donors (Lipinski definition) is 0. The van der Waals surface area contributed by atoms with Crippen LogP contribution in [0.5, 0.6) is 11.6 Å². The summed E-state index contributed by atoms with van der Waals surface area (Å²) in [6, 6.07) is 18.9. The first-order chi connectivity index (χ1) is 11.3. The Bertz CT molecular complexity index is 1080. The molecular formula is C18H12N4O. The molecule has 0 amide bonds. The van der Waals surface area contributed by atoms with Crippen LogP contribution in [0.25, 0.3) is 16.6 Å². The first-order valence-corrected chi connectivity index (χ1v) is 7.18. The fourth-order valence-corrected chi connectivity index (χ4v) is 2.58. The minimum atomic E-state index is 0.468. The van der Waals surface area contributed by atoms with E-state index < -0.39 is 0 Å². The molecule has 0 fully saturated rings. The molecule has 4 rings (SSSR count). The Morgan fingerprint density at radius 2 is 1.87 bits per heavy atom. The van der Waals surface area contributed by atoms with E-state index >= 15 is 0 Å². The van der Waals surface area contributed by atoms with Gasteiger partial charge in [0, 0.05) is 6.07 Å². The van der Waals surface area contributed by atoms with Crippen molar-refractivity contribution in [1.29, 1.82) is 5.26 Å². The van der Waals surface area contributed by atoms with E-state index in [2.05, 4.69) is 16.2 Å². The molecule has 5 nitrogen and oxygen atoms in total. The maximum Gasteiger partial charge on any atom is 0.230 e. The molecule has 0 aliphatic rings. The Labute approximate surface area is 132 Å². The molecule has 23 heavy (non-hydrogen) atoms. The summed E-state index contributed by atoms with van der Waals surface area (Å²) in [7, 11) is 0. The summed E-state index contributed by atoms with van der Waals surface area (Å²) < 4.78 is 7.76. The normalized spacial score (nSPS) is 10.8. The van der Waals surface area contributed by atoms with Crippen LogP contribution < -0.4 is 4.74 Å². The number of nitrogens with zero attached hydrogens (tertiary/aromatic N) is 4. The van der Waals surface area contributed by atoms with E-state index in [9.17, 15) is 5.26 Å². The highest BCUT2D eigenvalue weighted by atomic mass is 16.5. The fourth-order valence-electron chi connectivity index (χ4n) is 2.58. The number of rotatable bonds is 2. The van der Waals surface area contributed by atoms with Gasteiger partial charge in [0.15, 0.2) is 5.65 Å². The second kappa shape index (κ2) is 5.11. The van der Waals surface area contributed by atoms with E-state index in [1.165, 1.54) is 0 Å². The van der Waals surface area contributed by atoms with Crippen LogP contribution in [0.15, 0.2) is 54.6 Å². The second-order valence-corrected chi connectivity index (χ2v) is 5.20. The summed E-state index contributed by atoms with van der Waals surface area (Å²) in [5.41, 5.74) is 2.99. The van der Waals surface area contributed by atoms with Gasteiger partial charge >= 0.3 is 0 Å². The van der Waals surface area contributed by atoms with E-state index in [1.54, 1.807) is 22.7 Å². The lowest BCUT2D eigenvalue weighted by Crippen LogP contribution is -1.98. The van der Waals surface area contributed by atoms with Gasteiger partial charge in [0.05, 0.1) is 22.2 Å². The molecule has 0 spiro atoms. The SMILES string of the molecule is Cc1cc2nc(Oc3ccccc3C#N)c3ccccc3n2n1. The molecule has 0 N–H and O–H groups in total. The van der Waals surface area contributed by atoms with Crippen molar-refractivity contribution < 1.29 is 4.74 Å². The van der Waals surface area contributed by atoms with Crippen molar-refractivity contribution in [3.8, 4) is 17.7 Å². The molecule has 5 heteroatoms. The van der Waals surface area contributed by atoms with Gasteiger partial charge in [0.2, 0.25) is 5.88 Å². The minimum Gasteiger partial charge on any atom is -0.437 e. The van der Waals surface area contributed by atoms with Crippen LogP contribution in [0.4, 0.5) is 0 Å². The molecule has 0 aliphatic heterocycles. The molecule has 0 saturated heterocycles. The molecule has 2 aromatic carbocycles. The van der Waals surface area contributed by atoms with Crippen LogP contribution in [0.3, 0.4) is 0 Å². The summed E-state index contributed by atoms with van der Waals surface area (Å²) in [4.78, 5) is 4.56. The van der Waals surface area contributed by atoms with Crippen LogP contribution in [-0.4, -0.2) is 14.6 Å². The van der Waals surface area contributed by atoms with Crippen LogP contribution in [-0.2, 0) is 0 Å². The lowest BCUT2D eigenvalue weighted by Gasteiger charge is -2.10. The van der Waals surface area contributed by atoms with Gasteiger partial charge in [0.1, 0.15) is 11.8 Å². The van der Waals surface area contributed by atoms with E-state index in [0.717, 1.165) is 16.6 Å². The fraction of sp³-hybridized carbons (Fsp3) is 0.0556. The Morgan fingerprint density at radius 1 is 1.09 bits per heavy atom. The smallest absolute Gasteiger partial charge is 0.230 e. The number of para-hydroxylation sites is 2. The van der Waals surface area contributed by atoms with Gasteiger partial charge in [-0.2, -0.15) is 15.3 Å². The molecule has 2 heterocycles. The standard InChI is InChI=1S/C18H12N4O/c1-12-10-17-20-18(23-16-9-5-2-6-13(16)11-19)14-7-3-4-8-15(14)22(17)21-12/h2-10H,1H3. The largest absolute Gasteiger partial charge is 0.437 e. The van der Waals surface area contributed by atoms with Crippen molar-refractivity contribution in [2.24, 2.45) is 0 Å².